The van der Waals surface area contributed by atoms with Crippen LogP contribution in [0, 0.1) is 5.92 Å². The maximum Gasteiger partial charge on any atom is 0.109 e. The first-order chi connectivity index (χ1) is 9.01. The number of carbonyl (C=O) groups excluding carboxylic acids is 1. The molecule has 0 aromatic rings. The summed E-state index contributed by atoms with van der Waals surface area (Å²) in [6, 6.07) is 0. The van der Waals surface area contributed by atoms with E-state index in [1.807, 2.05) is 13.8 Å². The Labute approximate surface area is 124 Å². The second kappa shape index (κ2) is 12.2. The van der Waals surface area contributed by atoms with Crippen molar-refractivity contribution in [1.29, 1.82) is 0 Å². The average Bonchev–Trinajstić information content (AvgIpc) is 2.36. The number of hydrogen-bond donors (Lipinski definition) is 1. The molecule has 0 saturated heterocycles. The number of hydrogen-bond acceptors (Lipinski definition) is 3. The van der Waals surface area contributed by atoms with Gasteiger partial charge in [-0.25, -0.2) is 0 Å². The van der Waals surface area contributed by atoms with Gasteiger partial charge in [0.2, 0.25) is 0 Å². The first-order valence-corrected chi connectivity index (χ1v) is 7.77. The summed E-state index contributed by atoms with van der Waals surface area (Å²) in [5.74, 6) is -1.14. The molecule has 1 atom stereocenters. The third-order valence-electron chi connectivity index (χ3n) is 4.04. The van der Waals surface area contributed by atoms with Gasteiger partial charge in [0, 0.05) is 7.11 Å². The zero-order valence-electron chi connectivity index (χ0n) is 14.2. The third kappa shape index (κ3) is 7.25. The summed E-state index contributed by atoms with van der Waals surface area (Å²) < 4.78 is 5.26. The molecule has 0 amide bonds. The Morgan fingerprint density at radius 1 is 1.05 bits per heavy atom. The Bertz CT molecular complexity index is 244. The van der Waals surface area contributed by atoms with Gasteiger partial charge in [0.15, 0.2) is 0 Å². The molecule has 0 rings (SSSR count). The molecule has 4 heteroatoms. The van der Waals surface area contributed by atoms with Gasteiger partial charge in [0.05, 0.1) is 5.97 Å². The lowest BCUT2D eigenvalue weighted by molar-refractivity contribution is -0.330. The first kappa shape index (κ1) is 21.7. The van der Waals surface area contributed by atoms with E-state index >= 15 is 0 Å². The van der Waals surface area contributed by atoms with E-state index in [2.05, 4.69) is 6.92 Å². The molecule has 0 aromatic heterocycles. The molecule has 122 valence electrons. The minimum absolute atomic E-state index is 0. The van der Waals surface area contributed by atoms with Crippen LogP contribution < -0.4 is 11.3 Å². The summed E-state index contributed by atoms with van der Waals surface area (Å²) in [7, 11) is 1.47. The standard InChI is InChI=1S/C16H32O3.H3N/c1-5-6-7-8-9-10-11-12-13-16(19-4,14(2)3)15(17)18;/h14H,5-13H2,1-4H3,(H,17,18);1H3. The lowest BCUT2D eigenvalue weighted by atomic mass is 9.85. The summed E-state index contributed by atoms with van der Waals surface area (Å²) in [5.41, 5.74) is -1.11. The molecule has 0 spiro atoms. The van der Waals surface area contributed by atoms with E-state index in [0.29, 0.717) is 6.42 Å². The van der Waals surface area contributed by atoms with Crippen LogP contribution in [-0.4, -0.2) is 18.7 Å². The summed E-state index contributed by atoms with van der Waals surface area (Å²) >= 11 is 0. The van der Waals surface area contributed by atoms with Crippen LogP contribution in [0.2, 0.25) is 0 Å². The Morgan fingerprint density at radius 2 is 1.50 bits per heavy atom. The van der Waals surface area contributed by atoms with E-state index in [4.69, 9.17) is 4.74 Å². The molecule has 0 aliphatic heterocycles. The van der Waals surface area contributed by atoms with Crippen molar-refractivity contribution in [3.8, 4) is 0 Å². The largest absolute Gasteiger partial charge is 0.547 e. The number of unbranched alkanes of at least 4 members (excludes halogenated alkanes) is 7. The van der Waals surface area contributed by atoms with E-state index in [9.17, 15) is 9.90 Å². The van der Waals surface area contributed by atoms with Crippen LogP contribution >= 0.6 is 0 Å². The molecule has 20 heavy (non-hydrogen) atoms. The van der Waals surface area contributed by atoms with Crippen LogP contribution in [0.1, 0.15) is 78.6 Å². The molecule has 0 saturated carbocycles. The molecule has 0 fully saturated rings. The van der Waals surface area contributed by atoms with Crippen LogP contribution in [0.25, 0.3) is 0 Å². The molecular weight excluding hydrogens is 254 g/mol. The zero-order chi connectivity index (χ0) is 14.7. The molecule has 0 bridgehead atoms. The number of rotatable bonds is 12. The highest BCUT2D eigenvalue weighted by molar-refractivity contribution is 5.75. The highest BCUT2D eigenvalue weighted by Crippen LogP contribution is 2.27. The minimum Gasteiger partial charge on any atom is -0.547 e. The summed E-state index contributed by atoms with van der Waals surface area (Å²) in [4.78, 5) is 11.3. The number of methoxy groups -OCH3 is 1. The van der Waals surface area contributed by atoms with E-state index in [1.165, 1.54) is 45.6 Å². The normalized spacial score (nSPS) is 13.8. The number of ether oxygens (including phenoxy) is 1. The van der Waals surface area contributed by atoms with Gasteiger partial charge in [-0.05, 0) is 12.3 Å². The molecular formula is C16H35NO3. The van der Waals surface area contributed by atoms with Gasteiger partial charge in [0.1, 0.15) is 5.60 Å². The van der Waals surface area contributed by atoms with Crippen molar-refractivity contribution in [2.75, 3.05) is 7.11 Å². The van der Waals surface area contributed by atoms with Gasteiger partial charge in [0.25, 0.3) is 0 Å². The number of quaternary nitrogens is 1. The minimum atomic E-state index is -1.11. The van der Waals surface area contributed by atoms with Gasteiger partial charge >= 0.3 is 0 Å². The fraction of sp³-hybridized carbons (Fsp3) is 0.938. The Balaban J connectivity index is 0. The molecule has 0 aliphatic carbocycles. The van der Waals surface area contributed by atoms with E-state index in [1.54, 1.807) is 0 Å². The lowest BCUT2D eigenvalue weighted by Crippen LogP contribution is -2.53. The topological polar surface area (TPSA) is 85.9 Å². The van der Waals surface area contributed by atoms with Crippen LogP contribution in [0.15, 0.2) is 0 Å². The van der Waals surface area contributed by atoms with Crippen LogP contribution in [-0.2, 0) is 9.53 Å². The van der Waals surface area contributed by atoms with Crippen molar-refractivity contribution < 1.29 is 14.6 Å². The number of aliphatic carboxylic acids is 1. The predicted molar refractivity (Wildman–Crippen MR) is 82.8 cm³/mol. The van der Waals surface area contributed by atoms with Crippen LogP contribution in [0.5, 0.6) is 0 Å². The van der Waals surface area contributed by atoms with Gasteiger partial charge in [-0.2, -0.15) is 0 Å². The Kier molecular flexibility index (Phi) is 13.2. The summed E-state index contributed by atoms with van der Waals surface area (Å²) in [6.45, 7) is 5.98. The van der Waals surface area contributed by atoms with Crippen LogP contribution in [0.3, 0.4) is 0 Å². The molecule has 1 unspecified atom stereocenters. The Morgan fingerprint density at radius 3 is 1.85 bits per heavy atom. The summed E-state index contributed by atoms with van der Waals surface area (Å²) in [5, 5.41) is 11.3. The number of carbonyl (C=O) groups is 1. The monoisotopic (exact) mass is 289 g/mol. The fourth-order valence-corrected chi connectivity index (χ4v) is 2.57. The number of carboxylic acid groups (broad SMARTS) is 1. The van der Waals surface area contributed by atoms with Crippen molar-refractivity contribution in [3.05, 3.63) is 0 Å². The second-order valence-electron chi connectivity index (χ2n) is 5.76. The zero-order valence-corrected chi connectivity index (χ0v) is 14.2. The third-order valence-corrected chi connectivity index (χ3v) is 4.04. The van der Waals surface area contributed by atoms with Gasteiger partial charge in [-0.15, -0.1) is 0 Å². The molecule has 0 aliphatic rings. The fourth-order valence-electron chi connectivity index (χ4n) is 2.57. The van der Waals surface area contributed by atoms with Crippen molar-refractivity contribution in [1.82, 2.24) is 6.15 Å². The van der Waals surface area contributed by atoms with Crippen molar-refractivity contribution in [3.63, 3.8) is 0 Å². The molecule has 0 aromatic carbocycles. The van der Waals surface area contributed by atoms with Crippen molar-refractivity contribution >= 4 is 5.97 Å². The molecule has 0 radical (unpaired) electrons. The van der Waals surface area contributed by atoms with Crippen LogP contribution in [0.4, 0.5) is 0 Å². The smallest absolute Gasteiger partial charge is 0.109 e. The summed E-state index contributed by atoms with van der Waals surface area (Å²) in [6.07, 6.45) is 10.2. The molecule has 4 nitrogen and oxygen atoms in total. The predicted octanol–water partition coefficient (Wildman–Crippen LogP) is 3.68. The van der Waals surface area contributed by atoms with E-state index < -0.39 is 11.6 Å². The SMILES string of the molecule is CCCCCCCCCCC(OC)(C(=O)[O-])C(C)C.[NH4+]. The van der Waals surface area contributed by atoms with Crippen molar-refractivity contribution in [2.45, 2.75) is 84.2 Å². The van der Waals surface area contributed by atoms with Gasteiger partial charge < -0.3 is 20.8 Å². The quantitative estimate of drug-likeness (QED) is 0.556. The lowest BCUT2D eigenvalue weighted by Gasteiger charge is -2.37. The highest BCUT2D eigenvalue weighted by atomic mass is 16.5. The van der Waals surface area contributed by atoms with Gasteiger partial charge in [-0.3, -0.25) is 0 Å². The highest BCUT2D eigenvalue weighted by Gasteiger charge is 2.34. The maximum absolute atomic E-state index is 11.3. The maximum atomic E-state index is 11.3. The van der Waals surface area contributed by atoms with E-state index in [0.717, 1.165) is 12.8 Å². The number of carboxylic acids is 1. The van der Waals surface area contributed by atoms with Crippen molar-refractivity contribution in [2.24, 2.45) is 5.92 Å². The first-order valence-electron chi connectivity index (χ1n) is 7.77. The molecule has 0 heterocycles. The van der Waals surface area contributed by atoms with E-state index in [-0.39, 0.29) is 12.1 Å². The second-order valence-corrected chi connectivity index (χ2v) is 5.76. The molecule has 4 N–H and O–H groups in total. The average molecular weight is 289 g/mol. The van der Waals surface area contributed by atoms with Gasteiger partial charge in [-0.1, -0.05) is 72.1 Å². The Hall–Kier alpha value is -0.610.